The van der Waals surface area contributed by atoms with E-state index in [1.165, 1.54) is 0 Å². The number of amides is 2. The standard InChI is InChI=1S/C16H19BrN4O3/c1-10-4-5-14(13(17)6-10)24-9-16(23)19-18-15(22)8-21-12(3)7-11(2)20-21/h4-7H,8-9H2,1-3H3,(H,18,22)(H,19,23). The third-order valence-corrected chi connectivity index (χ3v) is 3.80. The maximum Gasteiger partial charge on any atom is 0.276 e. The molecule has 24 heavy (non-hydrogen) atoms. The van der Waals surface area contributed by atoms with E-state index in [0.717, 1.165) is 21.4 Å². The predicted molar refractivity (Wildman–Crippen MR) is 92.4 cm³/mol. The average molecular weight is 395 g/mol. The molecule has 0 unspecified atom stereocenters. The van der Waals surface area contributed by atoms with Gasteiger partial charge in [0.1, 0.15) is 12.3 Å². The second-order valence-corrected chi connectivity index (χ2v) is 6.26. The minimum atomic E-state index is -0.454. The Kier molecular flexibility index (Phi) is 5.97. The minimum Gasteiger partial charge on any atom is -0.483 e. The van der Waals surface area contributed by atoms with Gasteiger partial charge < -0.3 is 4.74 Å². The molecule has 128 valence electrons. The molecule has 1 heterocycles. The average Bonchev–Trinajstić information content (AvgIpc) is 2.82. The molecule has 0 spiro atoms. The van der Waals surface area contributed by atoms with Crippen LogP contribution in [0.2, 0.25) is 0 Å². The number of hydrogen-bond acceptors (Lipinski definition) is 4. The monoisotopic (exact) mass is 394 g/mol. The van der Waals surface area contributed by atoms with Crippen molar-refractivity contribution < 1.29 is 14.3 Å². The van der Waals surface area contributed by atoms with Gasteiger partial charge in [0.25, 0.3) is 11.8 Å². The van der Waals surface area contributed by atoms with Gasteiger partial charge in [0.15, 0.2) is 6.61 Å². The number of carbonyl (C=O) groups is 2. The van der Waals surface area contributed by atoms with E-state index < -0.39 is 5.91 Å². The lowest BCUT2D eigenvalue weighted by molar-refractivity contribution is -0.130. The third-order valence-electron chi connectivity index (χ3n) is 3.18. The van der Waals surface area contributed by atoms with Crippen molar-refractivity contribution in [2.24, 2.45) is 0 Å². The number of benzene rings is 1. The summed E-state index contributed by atoms with van der Waals surface area (Å²) in [4.78, 5) is 23.5. The maximum absolute atomic E-state index is 11.8. The summed E-state index contributed by atoms with van der Waals surface area (Å²) in [5.74, 6) is -0.264. The number of nitrogens with one attached hydrogen (secondary N) is 2. The Hall–Kier alpha value is -2.35. The molecule has 0 fully saturated rings. The van der Waals surface area contributed by atoms with Crippen molar-refractivity contribution in [3.63, 3.8) is 0 Å². The summed E-state index contributed by atoms with van der Waals surface area (Å²) >= 11 is 3.37. The lowest BCUT2D eigenvalue weighted by Gasteiger charge is -2.10. The highest BCUT2D eigenvalue weighted by atomic mass is 79.9. The highest BCUT2D eigenvalue weighted by molar-refractivity contribution is 9.10. The van der Waals surface area contributed by atoms with E-state index in [-0.39, 0.29) is 19.1 Å². The second kappa shape index (κ2) is 7.96. The first-order valence-electron chi connectivity index (χ1n) is 7.33. The quantitative estimate of drug-likeness (QED) is 0.757. The van der Waals surface area contributed by atoms with Crippen LogP contribution in [0.5, 0.6) is 5.75 Å². The van der Waals surface area contributed by atoms with E-state index in [2.05, 4.69) is 31.9 Å². The Bertz CT molecular complexity index is 758. The van der Waals surface area contributed by atoms with Crippen molar-refractivity contribution in [1.82, 2.24) is 20.6 Å². The number of rotatable bonds is 5. The summed E-state index contributed by atoms with van der Waals surface area (Å²) in [6.07, 6.45) is 0. The SMILES string of the molecule is Cc1ccc(OCC(=O)NNC(=O)Cn2nc(C)cc2C)c(Br)c1. The Labute approximate surface area is 148 Å². The highest BCUT2D eigenvalue weighted by Crippen LogP contribution is 2.25. The van der Waals surface area contributed by atoms with Gasteiger partial charge in [-0.1, -0.05) is 6.07 Å². The van der Waals surface area contributed by atoms with Crippen molar-refractivity contribution in [1.29, 1.82) is 0 Å². The normalized spacial score (nSPS) is 10.3. The fourth-order valence-electron chi connectivity index (χ4n) is 2.05. The smallest absolute Gasteiger partial charge is 0.276 e. The van der Waals surface area contributed by atoms with Crippen LogP contribution in [0.4, 0.5) is 0 Å². The van der Waals surface area contributed by atoms with Crippen molar-refractivity contribution in [3.8, 4) is 5.75 Å². The van der Waals surface area contributed by atoms with Gasteiger partial charge in [0.2, 0.25) is 0 Å². The number of halogens is 1. The molecule has 7 nitrogen and oxygen atoms in total. The third kappa shape index (κ3) is 5.09. The van der Waals surface area contributed by atoms with Gasteiger partial charge in [-0.15, -0.1) is 0 Å². The van der Waals surface area contributed by atoms with Crippen molar-refractivity contribution in [2.75, 3.05) is 6.61 Å². The minimum absolute atomic E-state index is 0.0321. The molecule has 0 aliphatic carbocycles. The Balaban J connectivity index is 1.76. The Morgan fingerprint density at radius 3 is 2.50 bits per heavy atom. The number of ether oxygens (including phenoxy) is 1. The summed E-state index contributed by atoms with van der Waals surface area (Å²) in [5, 5.41) is 4.18. The van der Waals surface area contributed by atoms with Gasteiger partial charge in [-0.3, -0.25) is 25.1 Å². The van der Waals surface area contributed by atoms with E-state index in [0.29, 0.717) is 5.75 Å². The Morgan fingerprint density at radius 2 is 1.88 bits per heavy atom. The molecule has 8 heteroatoms. The number of nitrogens with zero attached hydrogens (tertiary/aromatic N) is 2. The number of aryl methyl sites for hydroxylation is 3. The second-order valence-electron chi connectivity index (χ2n) is 5.40. The van der Waals surface area contributed by atoms with Crippen LogP contribution in [-0.2, 0) is 16.1 Å². The molecule has 2 amide bonds. The van der Waals surface area contributed by atoms with Gasteiger partial charge >= 0.3 is 0 Å². The number of hydrogen-bond donors (Lipinski definition) is 2. The lowest BCUT2D eigenvalue weighted by Crippen LogP contribution is -2.45. The van der Waals surface area contributed by atoms with E-state index in [4.69, 9.17) is 4.74 Å². The zero-order chi connectivity index (χ0) is 17.7. The molecule has 0 radical (unpaired) electrons. The van der Waals surface area contributed by atoms with Gasteiger partial charge in [-0.25, -0.2) is 0 Å². The summed E-state index contributed by atoms with van der Waals surface area (Å²) in [7, 11) is 0. The Morgan fingerprint density at radius 1 is 1.17 bits per heavy atom. The van der Waals surface area contributed by atoms with Crippen LogP contribution in [0.15, 0.2) is 28.7 Å². The molecule has 2 aromatic rings. The molecule has 0 saturated heterocycles. The molecule has 0 saturated carbocycles. The topological polar surface area (TPSA) is 85.3 Å². The molecule has 0 atom stereocenters. The van der Waals surface area contributed by atoms with Crippen molar-refractivity contribution >= 4 is 27.7 Å². The van der Waals surface area contributed by atoms with Crippen LogP contribution >= 0.6 is 15.9 Å². The van der Waals surface area contributed by atoms with Crippen LogP contribution in [-0.4, -0.2) is 28.2 Å². The molecule has 0 aliphatic rings. The molecule has 2 N–H and O–H groups in total. The van der Waals surface area contributed by atoms with Crippen molar-refractivity contribution in [3.05, 3.63) is 45.7 Å². The molecule has 1 aromatic heterocycles. The molecule has 0 aliphatic heterocycles. The van der Waals surface area contributed by atoms with E-state index in [1.807, 2.05) is 39.0 Å². The molecule has 0 bridgehead atoms. The van der Waals surface area contributed by atoms with Crippen LogP contribution in [0.1, 0.15) is 17.0 Å². The van der Waals surface area contributed by atoms with Gasteiger partial charge in [-0.2, -0.15) is 5.10 Å². The number of hydrazine groups is 1. The summed E-state index contributed by atoms with van der Waals surface area (Å²) in [6, 6.07) is 7.42. The maximum atomic E-state index is 11.8. The molecular formula is C16H19BrN4O3. The fraction of sp³-hybridized carbons (Fsp3) is 0.312. The highest BCUT2D eigenvalue weighted by Gasteiger charge is 2.09. The number of carbonyl (C=O) groups excluding carboxylic acids is 2. The van der Waals surface area contributed by atoms with Crippen LogP contribution in [0.3, 0.4) is 0 Å². The van der Waals surface area contributed by atoms with E-state index in [1.54, 1.807) is 10.7 Å². The molecule has 1 aromatic carbocycles. The van der Waals surface area contributed by atoms with Crippen LogP contribution in [0.25, 0.3) is 0 Å². The molecule has 2 rings (SSSR count). The zero-order valence-corrected chi connectivity index (χ0v) is 15.3. The first kappa shape index (κ1) is 18.0. The van der Waals surface area contributed by atoms with Crippen LogP contribution in [0, 0.1) is 20.8 Å². The summed E-state index contributed by atoms with van der Waals surface area (Å²) < 4.78 is 7.73. The largest absolute Gasteiger partial charge is 0.483 e. The van der Waals surface area contributed by atoms with Crippen molar-refractivity contribution in [2.45, 2.75) is 27.3 Å². The number of aromatic nitrogens is 2. The lowest BCUT2D eigenvalue weighted by atomic mass is 10.2. The van der Waals surface area contributed by atoms with Gasteiger partial charge in [0, 0.05) is 5.69 Å². The van der Waals surface area contributed by atoms with Gasteiger partial charge in [0.05, 0.1) is 10.2 Å². The predicted octanol–water partition coefficient (Wildman–Crippen LogP) is 1.80. The molecular weight excluding hydrogens is 376 g/mol. The summed E-state index contributed by atoms with van der Waals surface area (Å²) in [6.45, 7) is 5.49. The zero-order valence-electron chi connectivity index (χ0n) is 13.7. The summed E-state index contributed by atoms with van der Waals surface area (Å²) in [5.41, 5.74) is 7.44. The first-order chi connectivity index (χ1) is 11.3. The van der Waals surface area contributed by atoms with E-state index in [9.17, 15) is 9.59 Å². The fourth-order valence-corrected chi connectivity index (χ4v) is 2.66. The first-order valence-corrected chi connectivity index (χ1v) is 8.12. The van der Waals surface area contributed by atoms with Crippen LogP contribution < -0.4 is 15.6 Å². The van der Waals surface area contributed by atoms with E-state index >= 15 is 0 Å². The van der Waals surface area contributed by atoms with Gasteiger partial charge in [-0.05, 0) is 60.5 Å².